The Bertz CT molecular complexity index is 1160. The van der Waals surface area contributed by atoms with Crippen LogP contribution in [0.25, 0.3) is 11.0 Å². The van der Waals surface area contributed by atoms with Crippen molar-refractivity contribution in [1.82, 2.24) is 19.7 Å². The molecule has 2 aromatic carbocycles. The Balaban J connectivity index is 1.53. The average Bonchev–Trinajstić information content (AvgIpc) is 3.32. The number of fused-ring (bicyclic) bond motifs is 1. The summed E-state index contributed by atoms with van der Waals surface area (Å²) in [6.07, 6.45) is 0. The third-order valence-electron chi connectivity index (χ3n) is 4.46. The second kappa shape index (κ2) is 8.23. The molecule has 7 nitrogen and oxygen atoms in total. The first-order chi connectivity index (χ1) is 14.4. The zero-order valence-electron chi connectivity index (χ0n) is 17.1. The van der Waals surface area contributed by atoms with Gasteiger partial charge in [0.15, 0.2) is 0 Å². The molecule has 0 unspecified atom stereocenters. The van der Waals surface area contributed by atoms with Gasteiger partial charge in [-0.25, -0.2) is 4.98 Å². The second-order valence-electron chi connectivity index (χ2n) is 7.92. The van der Waals surface area contributed by atoms with E-state index in [0.717, 1.165) is 21.8 Å². The molecule has 0 aliphatic rings. The van der Waals surface area contributed by atoms with Crippen molar-refractivity contribution in [3.8, 4) is 5.75 Å². The fraction of sp³-hybridized carbons (Fsp3) is 0.273. The lowest BCUT2D eigenvalue weighted by atomic mass is 9.98. The molecule has 8 heteroatoms. The van der Waals surface area contributed by atoms with E-state index in [1.807, 2.05) is 59.2 Å². The second-order valence-corrected chi connectivity index (χ2v) is 8.89. The Morgan fingerprint density at radius 1 is 1.07 bits per heavy atom. The number of imidazole rings is 1. The summed E-state index contributed by atoms with van der Waals surface area (Å²) in [5.74, 6) is 1.25. The van der Waals surface area contributed by atoms with Gasteiger partial charge < -0.3 is 9.30 Å². The van der Waals surface area contributed by atoms with Gasteiger partial charge in [-0.3, -0.25) is 10.1 Å². The van der Waals surface area contributed by atoms with E-state index < -0.39 is 0 Å². The molecule has 1 N–H and O–H groups in total. The number of hydrogen-bond acceptors (Lipinski definition) is 6. The van der Waals surface area contributed by atoms with Crippen LogP contribution in [0, 0.1) is 0 Å². The summed E-state index contributed by atoms with van der Waals surface area (Å²) in [5.41, 5.74) is 1.60. The largest absolute Gasteiger partial charge is 0.486 e. The van der Waals surface area contributed by atoms with Crippen LogP contribution in [0.1, 0.15) is 31.6 Å². The summed E-state index contributed by atoms with van der Waals surface area (Å²) in [5, 5.41) is 12.5. The van der Waals surface area contributed by atoms with E-state index in [1.165, 1.54) is 11.3 Å². The van der Waals surface area contributed by atoms with Crippen molar-refractivity contribution in [3.63, 3.8) is 0 Å². The van der Waals surface area contributed by atoms with Gasteiger partial charge in [0.25, 0.3) is 0 Å². The molecule has 0 aliphatic carbocycles. The predicted molar refractivity (Wildman–Crippen MR) is 118 cm³/mol. The number of amides is 1. The molecule has 1 amide bonds. The predicted octanol–water partition coefficient (Wildman–Crippen LogP) is 4.40. The van der Waals surface area contributed by atoms with Gasteiger partial charge in [-0.05, 0) is 24.3 Å². The third-order valence-corrected chi connectivity index (χ3v) is 5.72. The first-order valence-electron chi connectivity index (χ1n) is 9.66. The summed E-state index contributed by atoms with van der Waals surface area (Å²) >= 11 is 1.39. The number of aromatic nitrogens is 4. The van der Waals surface area contributed by atoms with E-state index in [-0.39, 0.29) is 24.5 Å². The molecule has 4 rings (SSSR count). The molecule has 0 saturated heterocycles. The number of nitrogens with one attached hydrogen (secondary N) is 1. The van der Waals surface area contributed by atoms with Crippen LogP contribution < -0.4 is 10.1 Å². The minimum absolute atomic E-state index is 0.108. The van der Waals surface area contributed by atoms with Gasteiger partial charge in [-0.2, -0.15) is 0 Å². The number of carbonyl (C=O) groups is 1. The van der Waals surface area contributed by atoms with Crippen LogP contribution in [0.4, 0.5) is 5.13 Å². The van der Waals surface area contributed by atoms with Crippen LogP contribution >= 0.6 is 11.3 Å². The van der Waals surface area contributed by atoms with Crippen molar-refractivity contribution in [2.75, 3.05) is 5.32 Å². The van der Waals surface area contributed by atoms with E-state index >= 15 is 0 Å². The topological polar surface area (TPSA) is 81.9 Å². The van der Waals surface area contributed by atoms with E-state index in [1.54, 1.807) is 0 Å². The Morgan fingerprint density at radius 2 is 1.80 bits per heavy atom. The number of ether oxygens (including phenoxy) is 1. The molecule has 2 aromatic heterocycles. The molecular formula is C22H23N5O2S. The fourth-order valence-electron chi connectivity index (χ4n) is 2.96. The highest BCUT2D eigenvalue weighted by molar-refractivity contribution is 7.15. The number of para-hydroxylation sites is 3. The fourth-order valence-corrected chi connectivity index (χ4v) is 3.77. The first kappa shape index (κ1) is 20.0. The third kappa shape index (κ3) is 4.49. The normalized spacial score (nSPS) is 11.6. The molecule has 0 fully saturated rings. The maximum atomic E-state index is 12.7. The summed E-state index contributed by atoms with van der Waals surface area (Å²) in [6.45, 7) is 6.57. The maximum absolute atomic E-state index is 12.7. The van der Waals surface area contributed by atoms with Gasteiger partial charge in [0, 0.05) is 5.41 Å². The van der Waals surface area contributed by atoms with Crippen molar-refractivity contribution in [2.45, 2.75) is 39.3 Å². The van der Waals surface area contributed by atoms with E-state index in [0.29, 0.717) is 11.0 Å². The number of hydrogen-bond donors (Lipinski definition) is 1. The van der Waals surface area contributed by atoms with Crippen LogP contribution in [0.5, 0.6) is 5.75 Å². The molecule has 0 radical (unpaired) electrons. The molecule has 0 bridgehead atoms. The van der Waals surface area contributed by atoms with Crippen LogP contribution in [0.2, 0.25) is 0 Å². The molecule has 30 heavy (non-hydrogen) atoms. The number of carbonyl (C=O) groups excluding carboxylic acids is 1. The molecule has 0 saturated carbocycles. The van der Waals surface area contributed by atoms with Crippen molar-refractivity contribution >= 4 is 33.4 Å². The van der Waals surface area contributed by atoms with Gasteiger partial charge in [-0.15, -0.1) is 10.2 Å². The smallest absolute Gasteiger partial charge is 0.246 e. The summed E-state index contributed by atoms with van der Waals surface area (Å²) < 4.78 is 7.74. The van der Waals surface area contributed by atoms with Crippen LogP contribution in [0.3, 0.4) is 0 Å². The Kier molecular flexibility index (Phi) is 5.50. The van der Waals surface area contributed by atoms with Gasteiger partial charge in [0.1, 0.15) is 29.7 Å². The summed E-state index contributed by atoms with van der Waals surface area (Å²) in [4.78, 5) is 17.4. The number of rotatable bonds is 6. The van der Waals surface area contributed by atoms with Gasteiger partial charge in [-0.1, -0.05) is 62.4 Å². The van der Waals surface area contributed by atoms with Crippen LogP contribution in [-0.2, 0) is 23.4 Å². The summed E-state index contributed by atoms with van der Waals surface area (Å²) in [7, 11) is 0. The van der Waals surface area contributed by atoms with Crippen molar-refractivity contribution < 1.29 is 9.53 Å². The maximum Gasteiger partial charge on any atom is 0.246 e. The van der Waals surface area contributed by atoms with Gasteiger partial charge >= 0.3 is 0 Å². The lowest BCUT2D eigenvalue weighted by Gasteiger charge is -2.12. The highest BCUT2D eigenvalue weighted by Crippen LogP contribution is 2.27. The van der Waals surface area contributed by atoms with Crippen molar-refractivity contribution in [1.29, 1.82) is 0 Å². The Hall–Kier alpha value is -3.26. The minimum Gasteiger partial charge on any atom is -0.486 e. The molecule has 0 spiro atoms. The lowest BCUT2D eigenvalue weighted by molar-refractivity contribution is -0.116. The SMILES string of the molecule is CC(C)(C)c1nnc(NC(=O)Cn2c(COc3ccccc3)nc3ccccc32)s1. The van der Waals surface area contributed by atoms with Crippen LogP contribution in [-0.4, -0.2) is 25.7 Å². The average molecular weight is 422 g/mol. The molecule has 154 valence electrons. The molecule has 0 aliphatic heterocycles. The van der Waals surface area contributed by atoms with E-state index in [9.17, 15) is 4.79 Å². The molecule has 2 heterocycles. The van der Waals surface area contributed by atoms with E-state index in [2.05, 4.69) is 41.3 Å². The zero-order valence-corrected chi connectivity index (χ0v) is 17.9. The minimum atomic E-state index is -0.185. The van der Waals surface area contributed by atoms with Crippen molar-refractivity contribution in [3.05, 3.63) is 65.4 Å². The zero-order chi connectivity index (χ0) is 21.1. The number of nitrogens with zero attached hydrogens (tertiary/aromatic N) is 4. The Labute approximate surface area is 178 Å². The number of benzene rings is 2. The quantitative estimate of drug-likeness (QED) is 0.499. The van der Waals surface area contributed by atoms with Crippen LogP contribution in [0.15, 0.2) is 54.6 Å². The number of anilines is 1. The van der Waals surface area contributed by atoms with Gasteiger partial charge in [0.05, 0.1) is 11.0 Å². The molecule has 4 aromatic rings. The lowest BCUT2D eigenvalue weighted by Crippen LogP contribution is -2.20. The highest BCUT2D eigenvalue weighted by atomic mass is 32.1. The summed E-state index contributed by atoms with van der Waals surface area (Å²) in [6, 6.07) is 17.3. The standard InChI is InChI=1S/C22H23N5O2S/c1-22(2,3)20-25-26-21(30-20)24-19(28)13-27-17-12-8-7-11-16(17)23-18(27)14-29-15-9-5-4-6-10-15/h4-12H,13-14H2,1-3H3,(H,24,26,28). The highest BCUT2D eigenvalue weighted by Gasteiger charge is 2.21. The molecule has 0 atom stereocenters. The van der Waals surface area contributed by atoms with E-state index in [4.69, 9.17) is 4.74 Å². The molecular weight excluding hydrogens is 398 g/mol. The first-order valence-corrected chi connectivity index (χ1v) is 10.5. The monoisotopic (exact) mass is 421 g/mol. The van der Waals surface area contributed by atoms with Crippen molar-refractivity contribution in [2.24, 2.45) is 0 Å². The van der Waals surface area contributed by atoms with Gasteiger partial charge in [0.2, 0.25) is 11.0 Å². The Morgan fingerprint density at radius 3 is 2.53 bits per heavy atom.